The molecule has 0 saturated heterocycles. The van der Waals surface area contributed by atoms with E-state index in [-0.39, 0.29) is 5.56 Å². The molecule has 0 spiro atoms. The number of methoxy groups -OCH3 is 1. The molecule has 122 valence electrons. The van der Waals surface area contributed by atoms with Gasteiger partial charge in [-0.05, 0) is 55.3 Å². The molecule has 0 bridgehead atoms. The first kappa shape index (κ1) is 16.3. The average molecular weight is 342 g/mol. The highest BCUT2D eigenvalue weighted by molar-refractivity contribution is 6.32. The molecule has 0 saturated carbocycles. The van der Waals surface area contributed by atoms with E-state index in [0.29, 0.717) is 27.2 Å². The Morgan fingerprint density at radius 1 is 1.08 bits per heavy atom. The molecule has 24 heavy (non-hydrogen) atoms. The maximum absolute atomic E-state index is 11.8. The highest BCUT2D eigenvalue weighted by Gasteiger charge is 2.20. The predicted molar refractivity (Wildman–Crippen MR) is 95.2 cm³/mol. The van der Waals surface area contributed by atoms with Crippen molar-refractivity contribution >= 4 is 28.5 Å². The van der Waals surface area contributed by atoms with E-state index in [1.54, 1.807) is 26.2 Å². The number of pyridine rings is 1. The number of aromatic nitrogens is 1. The Morgan fingerprint density at radius 3 is 2.33 bits per heavy atom. The highest BCUT2D eigenvalue weighted by atomic mass is 35.5. The number of benzene rings is 2. The lowest BCUT2D eigenvalue weighted by Gasteiger charge is -2.14. The third-order valence-electron chi connectivity index (χ3n) is 4.17. The van der Waals surface area contributed by atoms with Gasteiger partial charge in [0.2, 0.25) is 0 Å². The number of hydrogen-bond donors (Lipinski definition) is 1. The van der Waals surface area contributed by atoms with Gasteiger partial charge in [-0.15, -0.1) is 0 Å². The Labute approximate surface area is 144 Å². The molecule has 0 aliphatic rings. The Kier molecular flexibility index (Phi) is 4.16. The molecule has 3 rings (SSSR count). The first-order chi connectivity index (χ1) is 11.4. The zero-order valence-electron chi connectivity index (χ0n) is 13.6. The van der Waals surface area contributed by atoms with E-state index in [2.05, 4.69) is 0 Å². The smallest absolute Gasteiger partial charge is 0.336 e. The number of ether oxygens (including phenoxy) is 1. The number of aromatic carboxylic acids is 1. The second-order valence-corrected chi connectivity index (χ2v) is 5.97. The van der Waals surface area contributed by atoms with E-state index in [1.807, 2.05) is 31.2 Å². The van der Waals surface area contributed by atoms with Gasteiger partial charge in [0.25, 0.3) is 0 Å². The molecule has 0 fully saturated rings. The molecule has 1 heterocycles. The number of nitrogens with zero attached hydrogens (tertiary/aromatic N) is 1. The average Bonchev–Trinajstić information content (AvgIpc) is 2.57. The van der Waals surface area contributed by atoms with Gasteiger partial charge in [0.05, 0.1) is 23.9 Å². The summed E-state index contributed by atoms with van der Waals surface area (Å²) in [6, 6.07) is 10.8. The fourth-order valence-corrected chi connectivity index (χ4v) is 3.00. The van der Waals surface area contributed by atoms with Crippen LogP contribution in [0.1, 0.15) is 21.5 Å². The third kappa shape index (κ3) is 2.59. The lowest BCUT2D eigenvalue weighted by Crippen LogP contribution is -2.05. The van der Waals surface area contributed by atoms with Gasteiger partial charge >= 0.3 is 5.97 Å². The molecule has 1 N–H and O–H groups in total. The molecule has 0 radical (unpaired) electrons. The summed E-state index contributed by atoms with van der Waals surface area (Å²) >= 11 is 6.19. The van der Waals surface area contributed by atoms with Crippen LogP contribution in [-0.2, 0) is 0 Å². The minimum Gasteiger partial charge on any atom is -0.497 e. The predicted octanol–water partition coefficient (Wildman–Crippen LogP) is 4.88. The normalized spacial score (nSPS) is 10.8. The SMILES string of the molecule is COc1ccc(-c2nc3c(C)c(Cl)ccc3c(C(=O)O)c2C)cc1. The van der Waals surface area contributed by atoms with Crippen molar-refractivity contribution in [1.82, 2.24) is 4.98 Å². The van der Waals surface area contributed by atoms with Crippen molar-refractivity contribution in [3.05, 3.63) is 58.1 Å². The largest absolute Gasteiger partial charge is 0.497 e. The summed E-state index contributed by atoms with van der Waals surface area (Å²) in [4.78, 5) is 16.6. The van der Waals surface area contributed by atoms with Crippen LogP contribution in [0.15, 0.2) is 36.4 Å². The molecule has 2 aromatic carbocycles. The van der Waals surface area contributed by atoms with Gasteiger partial charge in [-0.2, -0.15) is 0 Å². The first-order valence-electron chi connectivity index (χ1n) is 7.41. The number of hydrogen-bond acceptors (Lipinski definition) is 3. The summed E-state index contributed by atoms with van der Waals surface area (Å²) in [5.74, 6) is -0.244. The fraction of sp³-hybridized carbons (Fsp3) is 0.158. The summed E-state index contributed by atoms with van der Waals surface area (Å²) in [5, 5.41) is 10.9. The monoisotopic (exact) mass is 341 g/mol. The number of halogens is 1. The van der Waals surface area contributed by atoms with Gasteiger partial charge in [0.15, 0.2) is 0 Å². The van der Waals surface area contributed by atoms with Gasteiger partial charge in [0, 0.05) is 16.0 Å². The Balaban J connectivity index is 2.37. The van der Waals surface area contributed by atoms with E-state index >= 15 is 0 Å². The van der Waals surface area contributed by atoms with Crippen molar-refractivity contribution < 1.29 is 14.6 Å². The Bertz CT molecular complexity index is 949. The highest BCUT2D eigenvalue weighted by Crippen LogP contribution is 2.33. The molecule has 0 aliphatic heterocycles. The van der Waals surface area contributed by atoms with Crippen LogP contribution < -0.4 is 4.74 Å². The molecule has 0 atom stereocenters. The van der Waals surface area contributed by atoms with E-state index in [4.69, 9.17) is 21.3 Å². The molecule has 3 aromatic rings. The molecule has 0 amide bonds. The van der Waals surface area contributed by atoms with Crippen molar-refractivity contribution in [2.24, 2.45) is 0 Å². The van der Waals surface area contributed by atoms with Crippen molar-refractivity contribution in [2.75, 3.05) is 7.11 Å². The van der Waals surface area contributed by atoms with E-state index < -0.39 is 5.97 Å². The second kappa shape index (κ2) is 6.13. The van der Waals surface area contributed by atoms with Crippen molar-refractivity contribution in [3.63, 3.8) is 0 Å². The fourth-order valence-electron chi connectivity index (χ4n) is 2.84. The van der Waals surface area contributed by atoms with E-state index in [1.165, 1.54) is 0 Å². The van der Waals surface area contributed by atoms with Gasteiger partial charge in [-0.25, -0.2) is 9.78 Å². The van der Waals surface area contributed by atoms with Crippen molar-refractivity contribution in [1.29, 1.82) is 0 Å². The van der Waals surface area contributed by atoms with Gasteiger partial charge in [0.1, 0.15) is 5.75 Å². The first-order valence-corrected chi connectivity index (χ1v) is 7.79. The lowest BCUT2D eigenvalue weighted by molar-refractivity contribution is 0.0698. The van der Waals surface area contributed by atoms with Crippen LogP contribution in [0.5, 0.6) is 5.75 Å². The number of carbonyl (C=O) groups is 1. The molecule has 0 unspecified atom stereocenters. The quantitative estimate of drug-likeness (QED) is 0.737. The number of carboxylic acids is 1. The Morgan fingerprint density at radius 2 is 1.75 bits per heavy atom. The number of fused-ring (bicyclic) bond motifs is 1. The van der Waals surface area contributed by atoms with Gasteiger partial charge in [-0.3, -0.25) is 0 Å². The number of aryl methyl sites for hydroxylation is 1. The van der Waals surface area contributed by atoms with Crippen LogP contribution in [0.2, 0.25) is 5.02 Å². The maximum atomic E-state index is 11.8. The van der Waals surface area contributed by atoms with Gasteiger partial charge < -0.3 is 9.84 Å². The lowest BCUT2D eigenvalue weighted by atomic mass is 9.96. The molecule has 0 aliphatic carbocycles. The summed E-state index contributed by atoms with van der Waals surface area (Å²) < 4.78 is 5.17. The topological polar surface area (TPSA) is 59.4 Å². The zero-order chi connectivity index (χ0) is 17.4. The number of carboxylic acid groups (broad SMARTS) is 1. The zero-order valence-corrected chi connectivity index (χ0v) is 14.3. The van der Waals surface area contributed by atoms with Crippen LogP contribution in [0.25, 0.3) is 22.2 Å². The minimum absolute atomic E-state index is 0.255. The van der Waals surface area contributed by atoms with Crippen LogP contribution in [0.4, 0.5) is 0 Å². The second-order valence-electron chi connectivity index (χ2n) is 5.56. The third-order valence-corrected chi connectivity index (χ3v) is 4.57. The van der Waals surface area contributed by atoms with Crippen LogP contribution in [0, 0.1) is 13.8 Å². The van der Waals surface area contributed by atoms with E-state index in [0.717, 1.165) is 16.9 Å². The van der Waals surface area contributed by atoms with Crippen LogP contribution >= 0.6 is 11.6 Å². The summed E-state index contributed by atoms with van der Waals surface area (Å²) in [6.45, 7) is 3.62. The van der Waals surface area contributed by atoms with Crippen molar-refractivity contribution in [2.45, 2.75) is 13.8 Å². The summed E-state index contributed by atoms with van der Waals surface area (Å²) in [5.41, 5.74) is 3.72. The molecular weight excluding hydrogens is 326 g/mol. The number of rotatable bonds is 3. The summed E-state index contributed by atoms with van der Waals surface area (Å²) in [7, 11) is 1.60. The van der Waals surface area contributed by atoms with Crippen LogP contribution in [0.3, 0.4) is 0 Å². The van der Waals surface area contributed by atoms with Crippen molar-refractivity contribution in [3.8, 4) is 17.0 Å². The minimum atomic E-state index is -0.976. The molecule has 1 aromatic heterocycles. The molecule has 4 nitrogen and oxygen atoms in total. The maximum Gasteiger partial charge on any atom is 0.336 e. The molecule has 5 heteroatoms. The molecular formula is C19H16ClNO3. The Hall–Kier alpha value is -2.59. The van der Waals surface area contributed by atoms with E-state index in [9.17, 15) is 9.90 Å². The standard InChI is InChI=1S/C19H16ClNO3/c1-10-15(20)9-8-14-16(19(22)23)11(2)17(21-18(10)14)12-4-6-13(24-3)7-5-12/h4-9H,1-3H3,(H,22,23). The van der Waals surface area contributed by atoms with Crippen LogP contribution in [-0.4, -0.2) is 23.2 Å². The van der Waals surface area contributed by atoms with Gasteiger partial charge in [-0.1, -0.05) is 17.7 Å². The summed E-state index contributed by atoms with van der Waals surface area (Å²) in [6.07, 6.45) is 0.